The van der Waals surface area contributed by atoms with Gasteiger partial charge in [0.1, 0.15) is 0 Å². The first-order valence-electron chi connectivity index (χ1n) is 3.27. The van der Waals surface area contributed by atoms with Crippen LogP contribution in [0.1, 0.15) is 19.3 Å². The van der Waals surface area contributed by atoms with Crippen LogP contribution in [0.5, 0.6) is 0 Å². The average molecular weight is 126 g/mol. The molecule has 2 unspecified atom stereocenters. The minimum atomic E-state index is 0.897. The molecule has 1 saturated heterocycles. The Morgan fingerprint density at radius 1 is 1.38 bits per heavy atom. The maximum atomic E-state index is 2.37. The van der Waals surface area contributed by atoms with Crippen LogP contribution in [0.2, 0.25) is 0 Å². The van der Waals surface area contributed by atoms with Crippen LogP contribution in [0.15, 0.2) is 12.2 Å². The average Bonchev–Trinajstić information content (AvgIpc) is 2.12. The first-order valence-corrected chi connectivity index (χ1v) is 4.21. The van der Waals surface area contributed by atoms with E-state index in [4.69, 9.17) is 0 Å². The van der Waals surface area contributed by atoms with E-state index in [1.54, 1.807) is 0 Å². The molecule has 0 aliphatic carbocycles. The topological polar surface area (TPSA) is 0 Å². The molecule has 0 spiro atoms. The predicted molar refractivity (Wildman–Crippen MR) is 38.2 cm³/mol. The maximum Gasteiger partial charge on any atom is 0.0230 e. The number of thioether (sulfide) groups is 1. The molecule has 1 heteroatoms. The number of fused-ring (bicyclic) bond motifs is 2. The second kappa shape index (κ2) is 1.80. The van der Waals surface area contributed by atoms with Crippen molar-refractivity contribution in [3.05, 3.63) is 12.2 Å². The standard InChI is InChI=1S/C7H10S/c1-2-6-4-5-7(3-1)8-6/h1-2,6-7H,3-5H2. The lowest BCUT2D eigenvalue weighted by molar-refractivity contribution is 0.787. The van der Waals surface area contributed by atoms with Gasteiger partial charge >= 0.3 is 0 Å². The molecule has 44 valence electrons. The Bertz CT molecular complexity index is 118. The first-order chi connectivity index (χ1) is 3.95. The van der Waals surface area contributed by atoms with Gasteiger partial charge < -0.3 is 0 Å². The molecule has 2 aliphatic rings. The van der Waals surface area contributed by atoms with Gasteiger partial charge in [-0.05, 0) is 19.3 Å². The zero-order valence-corrected chi connectivity index (χ0v) is 5.66. The number of allylic oxidation sites excluding steroid dienone is 1. The highest BCUT2D eigenvalue weighted by atomic mass is 32.2. The molecule has 8 heavy (non-hydrogen) atoms. The van der Waals surface area contributed by atoms with E-state index < -0.39 is 0 Å². The molecule has 0 aromatic heterocycles. The summed E-state index contributed by atoms with van der Waals surface area (Å²) >= 11 is 2.17. The third kappa shape index (κ3) is 0.693. The van der Waals surface area contributed by atoms with Gasteiger partial charge in [0.25, 0.3) is 0 Å². The van der Waals surface area contributed by atoms with Gasteiger partial charge in [-0.2, -0.15) is 11.8 Å². The Labute approximate surface area is 54.4 Å². The van der Waals surface area contributed by atoms with Crippen LogP contribution in [0, 0.1) is 0 Å². The number of hydrogen-bond acceptors (Lipinski definition) is 1. The zero-order chi connectivity index (χ0) is 5.40. The highest BCUT2D eigenvalue weighted by molar-refractivity contribution is 8.01. The summed E-state index contributed by atoms with van der Waals surface area (Å²) in [6.45, 7) is 0. The molecule has 1 fully saturated rings. The number of hydrogen-bond donors (Lipinski definition) is 0. The van der Waals surface area contributed by atoms with Crippen molar-refractivity contribution < 1.29 is 0 Å². The van der Waals surface area contributed by atoms with Gasteiger partial charge in [0, 0.05) is 10.5 Å². The summed E-state index contributed by atoms with van der Waals surface area (Å²) in [7, 11) is 0. The van der Waals surface area contributed by atoms with Gasteiger partial charge in [-0.1, -0.05) is 12.2 Å². The molecule has 2 aliphatic heterocycles. The third-order valence-corrected chi connectivity index (χ3v) is 3.45. The minimum absolute atomic E-state index is 0.897. The zero-order valence-electron chi connectivity index (χ0n) is 4.84. The van der Waals surface area contributed by atoms with E-state index in [1.165, 1.54) is 19.3 Å². The van der Waals surface area contributed by atoms with Gasteiger partial charge in [-0.25, -0.2) is 0 Å². The molecule has 0 N–H and O–H groups in total. The monoisotopic (exact) mass is 126 g/mol. The van der Waals surface area contributed by atoms with Gasteiger partial charge in [-0.3, -0.25) is 0 Å². The van der Waals surface area contributed by atoms with E-state index in [-0.39, 0.29) is 0 Å². The van der Waals surface area contributed by atoms with Gasteiger partial charge in [-0.15, -0.1) is 0 Å². The van der Waals surface area contributed by atoms with Crippen molar-refractivity contribution in [3.8, 4) is 0 Å². The predicted octanol–water partition coefficient (Wildman–Crippen LogP) is 2.21. The minimum Gasteiger partial charge on any atom is -0.151 e. The number of rotatable bonds is 0. The molecule has 2 heterocycles. The summed E-state index contributed by atoms with van der Waals surface area (Å²) in [4.78, 5) is 0. The maximum absolute atomic E-state index is 2.37. The Morgan fingerprint density at radius 3 is 3.12 bits per heavy atom. The summed E-state index contributed by atoms with van der Waals surface area (Å²) in [6, 6.07) is 0. The van der Waals surface area contributed by atoms with Crippen LogP contribution in [-0.2, 0) is 0 Å². The molecule has 2 rings (SSSR count). The normalized spacial score (nSPS) is 43.0. The largest absolute Gasteiger partial charge is 0.151 e. The Hall–Kier alpha value is 0.0900. The smallest absolute Gasteiger partial charge is 0.0230 e. The van der Waals surface area contributed by atoms with Crippen molar-refractivity contribution >= 4 is 11.8 Å². The lowest BCUT2D eigenvalue weighted by Gasteiger charge is -2.10. The van der Waals surface area contributed by atoms with Crippen LogP contribution in [0.4, 0.5) is 0 Å². The van der Waals surface area contributed by atoms with Crippen LogP contribution < -0.4 is 0 Å². The van der Waals surface area contributed by atoms with E-state index in [0.717, 1.165) is 10.5 Å². The fourth-order valence-electron chi connectivity index (χ4n) is 1.43. The molecular weight excluding hydrogens is 116 g/mol. The third-order valence-electron chi connectivity index (χ3n) is 1.89. The van der Waals surface area contributed by atoms with E-state index in [0.29, 0.717) is 0 Å². The highest BCUT2D eigenvalue weighted by Crippen LogP contribution is 2.39. The fourth-order valence-corrected chi connectivity index (χ4v) is 2.89. The summed E-state index contributed by atoms with van der Waals surface area (Å²) < 4.78 is 0. The van der Waals surface area contributed by atoms with Crippen LogP contribution in [-0.4, -0.2) is 10.5 Å². The van der Waals surface area contributed by atoms with Crippen molar-refractivity contribution in [2.24, 2.45) is 0 Å². The van der Waals surface area contributed by atoms with Crippen LogP contribution in [0.25, 0.3) is 0 Å². The van der Waals surface area contributed by atoms with Crippen molar-refractivity contribution in [1.29, 1.82) is 0 Å². The molecule has 0 amide bonds. The molecular formula is C7H10S. The summed E-state index contributed by atoms with van der Waals surface area (Å²) in [6.07, 6.45) is 8.95. The molecule has 2 bridgehead atoms. The lowest BCUT2D eigenvalue weighted by atomic mass is 10.2. The highest BCUT2D eigenvalue weighted by Gasteiger charge is 2.24. The first kappa shape index (κ1) is 4.92. The summed E-state index contributed by atoms with van der Waals surface area (Å²) in [5, 5.41) is 1.89. The second-order valence-electron chi connectivity index (χ2n) is 2.54. The van der Waals surface area contributed by atoms with Crippen molar-refractivity contribution in [2.45, 2.75) is 29.8 Å². The molecule has 0 aromatic carbocycles. The quantitative estimate of drug-likeness (QED) is 0.448. The Kier molecular flexibility index (Phi) is 1.11. The molecule has 2 atom stereocenters. The van der Waals surface area contributed by atoms with Crippen molar-refractivity contribution in [1.82, 2.24) is 0 Å². The van der Waals surface area contributed by atoms with E-state index >= 15 is 0 Å². The van der Waals surface area contributed by atoms with Gasteiger partial charge in [0.05, 0.1) is 0 Å². The van der Waals surface area contributed by atoms with Crippen LogP contribution >= 0.6 is 11.8 Å². The molecule has 0 aromatic rings. The van der Waals surface area contributed by atoms with Crippen LogP contribution in [0.3, 0.4) is 0 Å². The van der Waals surface area contributed by atoms with E-state index in [2.05, 4.69) is 23.9 Å². The lowest BCUT2D eigenvalue weighted by Crippen LogP contribution is -1.98. The van der Waals surface area contributed by atoms with E-state index in [9.17, 15) is 0 Å². The van der Waals surface area contributed by atoms with E-state index in [1.807, 2.05) is 0 Å². The van der Waals surface area contributed by atoms with Gasteiger partial charge in [0.15, 0.2) is 0 Å². The second-order valence-corrected chi connectivity index (χ2v) is 4.08. The molecule has 0 saturated carbocycles. The summed E-state index contributed by atoms with van der Waals surface area (Å²) in [5.41, 5.74) is 0. The molecule has 0 radical (unpaired) electrons. The fraction of sp³-hybridized carbons (Fsp3) is 0.714. The Balaban J connectivity index is 2.17. The van der Waals surface area contributed by atoms with Crippen molar-refractivity contribution in [2.75, 3.05) is 0 Å². The summed E-state index contributed by atoms with van der Waals surface area (Å²) in [5.74, 6) is 0. The SMILES string of the molecule is C1=CC2CCC(C1)S2. The Morgan fingerprint density at radius 2 is 2.38 bits per heavy atom. The molecule has 0 nitrogen and oxygen atoms in total. The van der Waals surface area contributed by atoms with Gasteiger partial charge in [0.2, 0.25) is 0 Å². The van der Waals surface area contributed by atoms with Crippen molar-refractivity contribution in [3.63, 3.8) is 0 Å².